The van der Waals surface area contributed by atoms with E-state index in [0.29, 0.717) is 16.7 Å². The van der Waals surface area contributed by atoms with Gasteiger partial charge in [0.2, 0.25) is 0 Å². The second kappa shape index (κ2) is 6.26. The smallest absolute Gasteiger partial charge is 0.343 e. The second-order valence-electron chi connectivity index (χ2n) is 7.27. The van der Waals surface area contributed by atoms with Gasteiger partial charge in [-0.1, -0.05) is 6.92 Å². The molecule has 0 bridgehead atoms. The van der Waals surface area contributed by atoms with Crippen LogP contribution in [0.15, 0.2) is 34.0 Å². The normalized spacial score (nSPS) is 23.5. The van der Waals surface area contributed by atoms with Crippen molar-refractivity contribution in [3.63, 3.8) is 0 Å². The molecule has 2 aliphatic rings. The molecule has 1 aromatic heterocycles. The van der Waals surface area contributed by atoms with Gasteiger partial charge in [-0.3, -0.25) is 4.57 Å². The van der Waals surface area contributed by atoms with Crippen LogP contribution in [-0.4, -0.2) is 35.5 Å². The fraction of sp³-hybridized carbons (Fsp3) is 0.556. The van der Waals surface area contributed by atoms with Crippen molar-refractivity contribution >= 4 is 15.5 Å². The van der Waals surface area contributed by atoms with Gasteiger partial charge >= 0.3 is 5.69 Å². The van der Waals surface area contributed by atoms with Gasteiger partial charge in [-0.15, -0.1) is 0 Å². The zero-order valence-corrected chi connectivity index (χ0v) is 15.9. The first-order valence-corrected chi connectivity index (χ1v) is 10.8. The van der Waals surface area contributed by atoms with E-state index in [9.17, 15) is 13.2 Å². The Bertz CT molecular complexity index is 957. The highest BCUT2D eigenvalue weighted by atomic mass is 32.2. The van der Waals surface area contributed by atoms with Crippen molar-refractivity contribution in [3.8, 4) is 0 Å². The molecule has 140 valence electrons. The summed E-state index contributed by atoms with van der Waals surface area (Å²) in [6.45, 7) is 2.53. The minimum absolute atomic E-state index is 0.0417. The molecule has 4 rings (SSSR count). The van der Waals surface area contributed by atoms with E-state index in [1.54, 1.807) is 30.7 Å². The van der Waals surface area contributed by atoms with E-state index in [1.165, 1.54) is 12.8 Å². The molecule has 8 heteroatoms. The zero-order valence-electron chi connectivity index (χ0n) is 15.1. The van der Waals surface area contributed by atoms with Crippen molar-refractivity contribution in [2.45, 2.75) is 37.1 Å². The first-order valence-electron chi connectivity index (χ1n) is 9.13. The minimum Gasteiger partial charge on any atom is -0.361 e. The lowest BCUT2D eigenvalue weighted by Gasteiger charge is -2.29. The molecular formula is C18H24N4O3S. The fourth-order valence-electron chi connectivity index (χ4n) is 4.09. The summed E-state index contributed by atoms with van der Waals surface area (Å²) in [4.78, 5) is 14.5. The van der Waals surface area contributed by atoms with E-state index in [0.717, 1.165) is 24.5 Å². The van der Waals surface area contributed by atoms with E-state index in [-0.39, 0.29) is 17.5 Å². The molecule has 2 heterocycles. The van der Waals surface area contributed by atoms with E-state index < -0.39 is 9.84 Å². The molecule has 1 saturated heterocycles. The van der Waals surface area contributed by atoms with Crippen molar-refractivity contribution in [1.29, 1.82) is 0 Å². The van der Waals surface area contributed by atoms with Crippen LogP contribution in [0.2, 0.25) is 0 Å². The van der Waals surface area contributed by atoms with Crippen LogP contribution < -0.4 is 10.6 Å². The number of nitrogens with zero attached hydrogens (tertiary/aromatic N) is 3. The molecule has 0 amide bonds. The standard InChI is InChI=1S/C18H24N4O3S/c1-3-26(24,25)14-8-6-13(7-9-14)22-11-10-15(12-4-5-12)16(22)17-19-20-18(23)21(17)2/h6-9,12,15-16H,3-5,10-11H2,1-2H3,(H,20,23). The SMILES string of the molecule is CCS(=O)(=O)c1ccc(N2CCC(C3CC3)C2c2n[nH]c(=O)n2C)cc1. The van der Waals surface area contributed by atoms with Gasteiger partial charge in [-0.25, -0.2) is 18.3 Å². The number of anilines is 1. The van der Waals surface area contributed by atoms with Crippen LogP contribution in [0.4, 0.5) is 5.69 Å². The molecule has 1 aliphatic carbocycles. The molecule has 0 radical (unpaired) electrons. The van der Waals surface area contributed by atoms with Crippen molar-refractivity contribution in [2.24, 2.45) is 18.9 Å². The predicted molar refractivity (Wildman–Crippen MR) is 98.9 cm³/mol. The molecule has 1 aromatic carbocycles. The number of rotatable bonds is 5. The largest absolute Gasteiger partial charge is 0.361 e. The van der Waals surface area contributed by atoms with Gasteiger partial charge in [-0.05, 0) is 55.4 Å². The Morgan fingerprint density at radius 1 is 1.19 bits per heavy atom. The van der Waals surface area contributed by atoms with Gasteiger partial charge in [0.1, 0.15) is 0 Å². The van der Waals surface area contributed by atoms with Crippen LogP contribution in [0.1, 0.15) is 38.1 Å². The third kappa shape index (κ3) is 2.86. The number of aromatic nitrogens is 3. The molecule has 7 nitrogen and oxygen atoms in total. The highest BCUT2D eigenvalue weighted by molar-refractivity contribution is 7.91. The maximum Gasteiger partial charge on any atom is 0.343 e. The number of nitrogens with one attached hydrogen (secondary N) is 1. The average molecular weight is 376 g/mol. The average Bonchev–Trinajstić information content (AvgIpc) is 3.32. The summed E-state index contributed by atoms with van der Waals surface area (Å²) in [5.74, 6) is 2.02. The lowest BCUT2D eigenvalue weighted by Crippen LogP contribution is -2.29. The summed E-state index contributed by atoms with van der Waals surface area (Å²) in [7, 11) is -1.45. The highest BCUT2D eigenvalue weighted by Gasteiger charge is 2.45. The quantitative estimate of drug-likeness (QED) is 0.861. The third-order valence-corrected chi connectivity index (χ3v) is 7.51. The lowest BCUT2D eigenvalue weighted by atomic mass is 9.94. The minimum atomic E-state index is -3.20. The Morgan fingerprint density at radius 2 is 1.88 bits per heavy atom. The van der Waals surface area contributed by atoms with Crippen molar-refractivity contribution in [1.82, 2.24) is 14.8 Å². The van der Waals surface area contributed by atoms with Crippen LogP contribution in [0.25, 0.3) is 0 Å². The first-order chi connectivity index (χ1) is 12.4. The molecule has 2 fully saturated rings. The Labute approximate surface area is 152 Å². The maximum absolute atomic E-state index is 12.1. The summed E-state index contributed by atoms with van der Waals surface area (Å²) in [5, 5.41) is 6.85. The number of sulfone groups is 1. The topological polar surface area (TPSA) is 88.1 Å². The maximum atomic E-state index is 12.1. The van der Waals surface area contributed by atoms with Gasteiger partial charge in [0.15, 0.2) is 15.7 Å². The highest BCUT2D eigenvalue weighted by Crippen LogP contribution is 2.50. The van der Waals surface area contributed by atoms with Gasteiger partial charge in [-0.2, -0.15) is 5.10 Å². The van der Waals surface area contributed by atoms with Gasteiger partial charge in [0.25, 0.3) is 0 Å². The number of H-pyrrole nitrogens is 1. The Morgan fingerprint density at radius 3 is 2.42 bits per heavy atom. The Balaban J connectivity index is 1.70. The van der Waals surface area contributed by atoms with E-state index in [4.69, 9.17) is 0 Å². The number of hydrogen-bond acceptors (Lipinski definition) is 5. The first kappa shape index (κ1) is 17.3. The third-order valence-electron chi connectivity index (χ3n) is 5.76. The second-order valence-corrected chi connectivity index (χ2v) is 9.55. The molecule has 0 spiro atoms. The summed E-state index contributed by atoms with van der Waals surface area (Å²) >= 11 is 0. The molecule has 2 atom stereocenters. The summed E-state index contributed by atoms with van der Waals surface area (Å²) < 4.78 is 25.7. The summed E-state index contributed by atoms with van der Waals surface area (Å²) in [6, 6.07) is 7.14. The molecule has 2 unspecified atom stereocenters. The fourth-order valence-corrected chi connectivity index (χ4v) is 4.97. The van der Waals surface area contributed by atoms with Crippen LogP contribution >= 0.6 is 0 Å². The van der Waals surface area contributed by atoms with Crippen LogP contribution in [0.5, 0.6) is 0 Å². The Kier molecular flexibility index (Phi) is 4.17. The monoisotopic (exact) mass is 376 g/mol. The van der Waals surface area contributed by atoms with Crippen LogP contribution in [0.3, 0.4) is 0 Å². The van der Waals surface area contributed by atoms with Crippen LogP contribution in [-0.2, 0) is 16.9 Å². The molecule has 1 N–H and O–H groups in total. The van der Waals surface area contributed by atoms with Gasteiger partial charge in [0, 0.05) is 19.3 Å². The zero-order chi connectivity index (χ0) is 18.5. The van der Waals surface area contributed by atoms with Gasteiger partial charge in [0.05, 0.1) is 16.7 Å². The molecule has 1 saturated carbocycles. The lowest BCUT2D eigenvalue weighted by molar-refractivity contribution is 0.406. The van der Waals surface area contributed by atoms with Crippen molar-refractivity contribution in [3.05, 3.63) is 40.6 Å². The van der Waals surface area contributed by atoms with Crippen molar-refractivity contribution in [2.75, 3.05) is 17.2 Å². The molecule has 2 aromatic rings. The summed E-state index contributed by atoms with van der Waals surface area (Å²) in [6.07, 6.45) is 3.54. The van der Waals surface area contributed by atoms with E-state index in [1.807, 2.05) is 12.1 Å². The number of aromatic amines is 1. The molecule has 1 aliphatic heterocycles. The summed E-state index contributed by atoms with van der Waals surface area (Å²) in [5.41, 5.74) is 0.773. The van der Waals surface area contributed by atoms with Crippen LogP contribution in [0, 0.1) is 11.8 Å². The number of benzene rings is 1. The van der Waals surface area contributed by atoms with E-state index in [2.05, 4.69) is 15.1 Å². The van der Waals surface area contributed by atoms with Crippen molar-refractivity contribution < 1.29 is 8.42 Å². The Hall–Kier alpha value is -2.09. The predicted octanol–water partition coefficient (Wildman–Crippen LogP) is 1.88. The molecule has 26 heavy (non-hydrogen) atoms. The molecular weight excluding hydrogens is 352 g/mol. The number of hydrogen-bond donors (Lipinski definition) is 1. The van der Waals surface area contributed by atoms with Gasteiger partial charge < -0.3 is 4.90 Å². The van der Waals surface area contributed by atoms with E-state index >= 15 is 0 Å².